The second kappa shape index (κ2) is 4.27. The van der Waals surface area contributed by atoms with Crippen molar-refractivity contribution in [3.63, 3.8) is 0 Å². The molecule has 0 aliphatic carbocycles. The first-order valence-electron chi connectivity index (χ1n) is 5.61. The van der Waals surface area contributed by atoms with Crippen molar-refractivity contribution >= 4 is 26.5 Å². The van der Waals surface area contributed by atoms with Crippen molar-refractivity contribution in [3.8, 4) is 0 Å². The van der Waals surface area contributed by atoms with Crippen LogP contribution in [0.2, 0.25) is 0 Å². The Labute approximate surface area is 119 Å². The number of benzene rings is 2. The summed E-state index contributed by atoms with van der Waals surface area (Å²) in [5.74, 6) is 0. The fourth-order valence-electron chi connectivity index (χ4n) is 1.65. The van der Waals surface area contributed by atoms with Crippen LogP contribution in [-0.4, -0.2) is 0 Å². The molecular weight excluding hydrogens is 312 g/mol. The van der Waals surface area contributed by atoms with E-state index in [1.165, 1.54) is 30.3 Å². The average molecular weight is 323 g/mol. The van der Waals surface area contributed by atoms with Crippen molar-refractivity contribution in [3.05, 3.63) is 71.6 Å². The predicted molar refractivity (Wildman–Crippen MR) is 77.0 cm³/mol. The number of halogens is 5. The molecule has 0 bridgehead atoms. The van der Waals surface area contributed by atoms with Crippen LogP contribution in [0.25, 0.3) is 5.03 Å². The van der Waals surface area contributed by atoms with Crippen LogP contribution in [-0.2, 0) is 0 Å². The molecule has 2 aromatic rings. The monoisotopic (exact) mass is 322 g/mol. The third-order valence-corrected chi connectivity index (χ3v) is 5.05. The first kappa shape index (κ1) is 14.9. The second-order valence-corrected chi connectivity index (χ2v) is 7.66. The lowest BCUT2D eigenvalue weighted by atomic mass is 10.2. The molecule has 0 radical (unpaired) electrons. The number of hydrogen-bond donors (Lipinski definition) is 0. The van der Waals surface area contributed by atoms with E-state index in [4.69, 9.17) is 11.6 Å². The van der Waals surface area contributed by atoms with Gasteiger partial charge in [-0.2, -0.15) is 0 Å². The molecule has 0 spiro atoms. The minimum atomic E-state index is -8.55. The fraction of sp³-hybridized carbons (Fsp3) is 0. The largest absolute Gasteiger partial charge is 0.205 e. The van der Waals surface area contributed by atoms with Crippen LogP contribution >= 0.6 is 21.4 Å². The Morgan fingerprint density at radius 3 is 1.75 bits per heavy atom. The molecular formula is C14H11ClF4S. The standard InChI is InChI=1S/C14H11ClF4S/c15-14(12-7-3-1-4-8-12)11-20(16,17,18,19)13-9-5-2-6-10-13/h1-11H/b14-11+. The van der Waals surface area contributed by atoms with Gasteiger partial charge in [0.05, 0.1) is 15.3 Å². The van der Waals surface area contributed by atoms with Gasteiger partial charge in [0.2, 0.25) is 9.84 Å². The zero-order valence-electron chi connectivity index (χ0n) is 10.1. The first-order chi connectivity index (χ1) is 9.11. The molecule has 108 valence electrons. The topological polar surface area (TPSA) is 0 Å². The first-order valence-corrected chi connectivity index (χ1v) is 8.10. The van der Waals surface area contributed by atoms with Crippen LogP contribution in [0, 0.1) is 0 Å². The number of rotatable bonds is 3. The van der Waals surface area contributed by atoms with Gasteiger partial charge in [-0.3, -0.25) is 0 Å². The molecule has 2 aromatic carbocycles. The van der Waals surface area contributed by atoms with Gasteiger partial charge in [-0.25, -0.2) is 0 Å². The lowest BCUT2D eigenvalue weighted by Gasteiger charge is -2.47. The van der Waals surface area contributed by atoms with Crippen molar-refractivity contribution in [2.75, 3.05) is 0 Å². The lowest BCUT2D eigenvalue weighted by Crippen LogP contribution is -2.10. The van der Waals surface area contributed by atoms with E-state index in [1.807, 2.05) is 0 Å². The van der Waals surface area contributed by atoms with Crippen LogP contribution in [0.4, 0.5) is 15.5 Å². The maximum Gasteiger partial charge on any atom is 0.205 e. The smallest absolute Gasteiger partial charge is 0.117 e. The Morgan fingerprint density at radius 2 is 1.25 bits per heavy atom. The van der Waals surface area contributed by atoms with Gasteiger partial charge < -0.3 is 0 Å². The summed E-state index contributed by atoms with van der Waals surface area (Å²) in [4.78, 5) is -1.32. The molecule has 0 aliphatic heterocycles. The molecule has 0 amide bonds. The fourth-order valence-corrected chi connectivity index (χ4v) is 3.72. The molecule has 0 saturated heterocycles. The third-order valence-electron chi connectivity index (χ3n) is 2.63. The molecule has 0 nitrogen and oxygen atoms in total. The maximum atomic E-state index is 14.1. The summed E-state index contributed by atoms with van der Waals surface area (Å²) in [7, 11) is -8.55. The van der Waals surface area contributed by atoms with E-state index in [2.05, 4.69) is 0 Å². The van der Waals surface area contributed by atoms with E-state index in [0.717, 1.165) is 12.1 Å². The van der Waals surface area contributed by atoms with Crippen LogP contribution in [0.15, 0.2) is 71.0 Å². The normalized spacial score (nSPS) is 16.4. The predicted octanol–water partition coefficient (Wildman–Crippen LogP) is 6.70. The van der Waals surface area contributed by atoms with Gasteiger partial charge in [0, 0.05) is 0 Å². The van der Waals surface area contributed by atoms with Crippen molar-refractivity contribution in [2.24, 2.45) is 0 Å². The Bertz CT molecular complexity index is 647. The quantitative estimate of drug-likeness (QED) is 0.552. The van der Waals surface area contributed by atoms with Crippen LogP contribution in [0.1, 0.15) is 5.56 Å². The summed E-state index contributed by atoms with van der Waals surface area (Å²) in [6.07, 6.45) is 0. The molecule has 6 heteroatoms. The summed E-state index contributed by atoms with van der Waals surface area (Å²) < 4.78 is 56.4. The minimum absolute atomic E-state index is 0.112. The molecule has 0 saturated carbocycles. The van der Waals surface area contributed by atoms with Gasteiger partial charge in [-0.1, -0.05) is 60.1 Å². The molecule has 0 aliphatic rings. The molecule has 0 N–H and O–H groups in total. The van der Waals surface area contributed by atoms with Crippen LogP contribution in [0.5, 0.6) is 0 Å². The zero-order chi connectivity index (χ0) is 14.9. The Balaban J connectivity index is 2.59. The highest BCUT2D eigenvalue weighted by Gasteiger charge is 2.62. The highest BCUT2D eigenvalue weighted by atomic mass is 35.5. The lowest BCUT2D eigenvalue weighted by molar-refractivity contribution is 0.466. The summed E-state index contributed by atoms with van der Waals surface area (Å²) in [6.45, 7) is 0. The van der Waals surface area contributed by atoms with Gasteiger partial charge in [0.25, 0.3) is 0 Å². The van der Waals surface area contributed by atoms with E-state index in [0.29, 0.717) is 12.1 Å². The maximum absolute atomic E-state index is 14.1. The summed E-state index contributed by atoms with van der Waals surface area (Å²) >= 11 is 5.65. The van der Waals surface area contributed by atoms with E-state index in [-0.39, 0.29) is 5.56 Å². The molecule has 0 unspecified atom stereocenters. The summed E-state index contributed by atoms with van der Waals surface area (Å²) in [5, 5.41) is -1.07. The molecule has 0 atom stereocenters. The SMILES string of the molecule is FS(F)(F)(F)(/C=C(/Cl)c1ccccc1)c1ccccc1. The van der Waals surface area contributed by atoms with Gasteiger partial charge in [-0.15, -0.1) is 15.5 Å². The van der Waals surface area contributed by atoms with Crippen molar-refractivity contribution in [1.82, 2.24) is 0 Å². The zero-order valence-corrected chi connectivity index (χ0v) is 11.7. The molecule has 2 rings (SSSR count). The molecule has 20 heavy (non-hydrogen) atoms. The van der Waals surface area contributed by atoms with Crippen molar-refractivity contribution in [1.29, 1.82) is 0 Å². The summed E-state index contributed by atoms with van der Waals surface area (Å²) in [6, 6.07) is 12.5. The molecule has 0 aromatic heterocycles. The Morgan fingerprint density at radius 1 is 0.800 bits per heavy atom. The van der Waals surface area contributed by atoms with E-state index in [1.54, 1.807) is 6.07 Å². The molecule has 0 heterocycles. The van der Waals surface area contributed by atoms with E-state index < -0.39 is 25.2 Å². The van der Waals surface area contributed by atoms with Crippen molar-refractivity contribution in [2.45, 2.75) is 4.90 Å². The second-order valence-electron chi connectivity index (χ2n) is 4.28. The molecule has 0 fully saturated rings. The van der Waals surface area contributed by atoms with Gasteiger partial charge in [-0.05, 0) is 17.7 Å². The van der Waals surface area contributed by atoms with Crippen LogP contribution < -0.4 is 0 Å². The number of hydrogen-bond acceptors (Lipinski definition) is 0. The van der Waals surface area contributed by atoms with Gasteiger partial charge in [0.15, 0.2) is 0 Å². The Kier molecular flexibility index (Phi) is 3.19. The third kappa shape index (κ3) is 3.16. The van der Waals surface area contributed by atoms with Crippen LogP contribution in [0.3, 0.4) is 0 Å². The van der Waals surface area contributed by atoms with E-state index in [9.17, 15) is 15.5 Å². The van der Waals surface area contributed by atoms with Gasteiger partial charge >= 0.3 is 0 Å². The highest BCUT2D eigenvalue weighted by molar-refractivity contribution is 8.52. The van der Waals surface area contributed by atoms with E-state index >= 15 is 0 Å². The Hall–Kier alpha value is -1.46. The average Bonchev–Trinajstić information content (AvgIpc) is 2.39. The van der Waals surface area contributed by atoms with Crippen molar-refractivity contribution < 1.29 is 15.5 Å². The highest BCUT2D eigenvalue weighted by Crippen LogP contribution is 3.02. The minimum Gasteiger partial charge on any atom is -0.117 e. The summed E-state index contributed by atoms with van der Waals surface area (Å²) in [5.41, 5.74) is 0.112. The van der Waals surface area contributed by atoms with Gasteiger partial charge in [0.1, 0.15) is 0 Å².